The molecule has 0 aliphatic carbocycles. The number of hydrogen-bond donors (Lipinski definition) is 1. The molecule has 0 spiro atoms. The number of nitrogens with zero attached hydrogens (tertiary/aromatic N) is 4. The molecule has 1 aromatic rings. The number of hydrogen-bond acceptors (Lipinski definition) is 3. The van der Waals surface area contributed by atoms with E-state index >= 15 is 0 Å². The summed E-state index contributed by atoms with van der Waals surface area (Å²) in [6.07, 6.45) is 7.44. The fraction of sp³-hybridized carbons (Fsp3) is 0.733. The lowest BCUT2D eigenvalue weighted by Gasteiger charge is -2.23. The van der Waals surface area contributed by atoms with Gasteiger partial charge in [0.15, 0.2) is 5.96 Å². The first-order chi connectivity index (χ1) is 10.2. The second kappa shape index (κ2) is 6.35. The molecule has 4 rings (SSSR count). The van der Waals surface area contributed by atoms with Gasteiger partial charge in [0.05, 0.1) is 18.4 Å². The van der Waals surface area contributed by atoms with Crippen molar-refractivity contribution in [3.8, 4) is 0 Å². The highest BCUT2D eigenvalue weighted by atomic mass is 127. The van der Waals surface area contributed by atoms with Gasteiger partial charge in [-0.1, -0.05) is 0 Å². The van der Waals surface area contributed by atoms with Crippen LogP contribution >= 0.6 is 24.0 Å². The van der Waals surface area contributed by atoms with Crippen molar-refractivity contribution >= 4 is 29.9 Å². The number of aromatic nitrogens is 2. The zero-order valence-electron chi connectivity index (χ0n) is 13.1. The van der Waals surface area contributed by atoms with E-state index in [4.69, 9.17) is 4.74 Å². The lowest BCUT2D eigenvalue weighted by atomic mass is 9.82. The molecule has 0 saturated carbocycles. The Morgan fingerprint density at radius 2 is 2.05 bits per heavy atom. The van der Waals surface area contributed by atoms with E-state index in [1.165, 1.54) is 18.4 Å². The minimum Gasteiger partial charge on any atom is -0.374 e. The zero-order chi connectivity index (χ0) is 14.4. The van der Waals surface area contributed by atoms with Crippen molar-refractivity contribution in [1.82, 2.24) is 20.0 Å². The molecule has 3 aliphatic heterocycles. The molecule has 2 bridgehead atoms. The third kappa shape index (κ3) is 2.73. The number of aryl methyl sites for hydroxylation is 1. The van der Waals surface area contributed by atoms with Crippen LogP contribution in [0.25, 0.3) is 0 Å². The quantitative estimate of drug-likeness (QED) is 0.447. The fourth-order valence-corrected chi connectivity index (χ4v) is 4.21. The molecule has 0 aromatic carbocycles. The minimum absolute atomic E-state index is 0. The van der Waals surface area contributed by atoms with Gasteiger partial charge >= 0.3 is 0 Å². The Bertz CT molecular complexity index is 542. The standard InChI is InChI=1S/C15H23N5O.HI/c1-16-15(17-5-10-6-18-19(2)7-10)20-8-11-12(9-20)14-4-3-13(11)21-14;/h6-7,11-14H,3-5,8-9H2,1-2H3,(H,16,17);1H. The van der Waals surface area contributed by atoms with Crippen molar-refractivity contribution in [3.05, 3.63) is 18.0 Å². The van der Waals surface area contributed by atoms with E-state index in [1.807, 2.05) is 31.2 Å². The maximum absolute atomic E-state index is 6.04. The van der Waals surface area contributed by atoms with Gasteiger partial charge in [-0.2, -0.15) is 5.10 Å². The van der Waals surface area contributed by atoms with Gasteiger partial charge < -0.3 is 15.0 Å². The maximum Gasteiger partial charge on any atom is 0.193 e. The van der Waals surface area contributed by atoms with E-state index in [2.05, 4.69) is 20.3 Å². The van der Waals surface area contributed by atoms with Gasteiger partial charge in [0.25, 0.3) is 0 Å². The largest absolute Gasteiger partial charge is 0.374 e. The number of fused-ring (bicyclic) bond motifs is 5. The monoisotopic (exact) mass is 417 g/mol. The van der Waals surface area contributed by atoms with Crippen LogP contribution in [-0.4, -0.2) is 53.0 Å². The third-order valence-corrected chi connectivity index (χ3v) is 5.17. The Morgan fingerprint density at radius 1 is 1.36 bits per heavy atom. The predicted molar refractivity (Wildman–Crippen MR) is 95.3 cm³/mol. The molecule has 4 heterocycles. The highest BCUT2D eigenvalue weighted by Crippen LogP contribution is 2.47. The first-order valence-corrected chi connectivity index (χ1v) is 7.83. The van der Waals surface area contributed by atoms with Gasteiger partial charge in [-0.15, -0.1) is 24.0 Å². The third-order valence-electron chi connectivity index (χ3n) is 5.17. The number of aliphatic imine (C=N–C) groups is 1. The van der Waals surface area contributed by atoms with Gasteiger partial charge in [0.1, 0.15) is 0 Å². The SMILES string of the molecule is CN=C(NCc1cnn(C)c1)N1CC2C3CCC(O3)C2C1.I. The Labute approximate surface area is 148 Å². The van der Waals surface area contributed by atoms with E-state index in [0.29, 0.717) is 24.0 Å². The molecule has 122 valence electrons. The van der Waals surface area contributed by atoms with Crippen LogP contribution in [-0.2, 0) is 18.3 Å². The molecular formula is C15H24IN5O. The number of rotatable bonds is 2. The Balaban J connectivity index is 0.00000144. The molecule has 1 aromatic heterocycles. The average molecular weight is 417 g/mol. The summed E-state index contributed by atoms with van der Waals surface area (Å²) in [5.41, 5.74) is 1.18. The zero-order valence-corrected chi connectivity index (χ0v) is 15.4. The van der Waals surface area contributed by atoms with Crippen LogP contribution < -0.4 is 5.32 Å². The van der Waals surface area contributed by atoms with Crippen molar-refractivity contribution < 1.29 is 4.74 Å². The predicted octanol–water partition coefficient (Wildman–Crippen LogP) is 1.22. The molecule has 4 unspecified atom stereocenters. The smallest absolute Gasteiger partial charge is 0.193 e. The van der Waals surface area contributed by atoms with Crippen molar-refractivity contribution in [1.29, 1.82) is 0 Å². The first-order valence-electron chi connectivity index (χ1n) is 7.83. The highest BCUT2D eigenvalue weighted by Gasteiger charge is 2.53. The summed E-state index contributed by atoms with van der Waals surface area (Å²) in [5.74, 6) is 2.43. The summed E-state index contributed by atoms with van der Waals surface area (Å²) in [6.45, 7) is 2.94. The Hall–Kier alpha value is -0.830. The second-order valence-corrected chi connectivity index (χ2v) is 6.45. The number of ether oxygens (including phenoxy) is 1. The molecule has 1 N–H and O–H groups in total. The van der Waals surface area contributed by atoms with Crippen LogP contribution in [0.3, 0.4) is 0 Å². The van der Waals surface area contributed by atoms with E-state index < -0.39 is 0 Å². The summed E-state index contributed by atoms with van der Waals surface area (Å²) in [5, 5.41) is 7.66. The summed E-state index contributed by atoms with van der Waals surface area (Å²) in [4.78, 5) is 6.86. The van der Waals surface area contributed by atoms with Crippen molar-refractivity contribution in [2.45, 2.75) is 31.6 Å². The number of guanidine groups is 1. The normalized spacial score (nSPS) is 33.0. The van der Waals surface area contributed by atoms with Crippen LogP contribution in [0.1, 0.15) is 18.4 Å². The second-order valence-electron chi connectivity index (χ2n) is 6.45. The molecule has 7 heteroatoms. The topological polar surface area (TPSA) is 54.7 Å². The molecule has 0 amide bonds. The van der Waals surface area contributed by atoms with Crippen molar-refractivity contribution in [2.24, 2.45) is 23.9 Å². The van der Waals surface area contributed by atoms with Gasteiger partial charge in [0, 0.05) is 57.3 Å². The maximum atomic E-state index is 6.04. The number of nitrogens with one attached hydrogen (secondary N) is 1. The Morgan fingerprint density at radius 3 is 2.59 bits per heavy atom. The van der Waals surface area contributed by atoms with Crippen LogP contribution in [0.5, 0.6) is 0 Å². The number of halogens is 1. The van der Waals surface area contributed by atoms with Crippen LogP contribution in [0.2, 0.25) is 0 Å². The van der Waals surface area contributed by atoms with Crippen molar-refractivity contribution in [2.75, 3.05) is 20.1 Å². The summed E-state index contributed by atoms with van der Waals surface area (Å²) in [7, 11) is 3.81. The van der Waals surface area contributed by atoms with E-state index in [1.54, 1.807) is 0 Å². The van der Waals surface area contributed by atoms with Crippen molar-refractivity contribution in [3.63, 3.8) is 0 Å². The van der Waals surface area contributed by atoms with Gasteiger partial charge in [-0.25, -0.2) is 0 Å². The summed E-state index contributed by atoms with van der Waals surface area (Å²) < 4.78 is 7.86. The molecule has 3 saturated heterocycles. The minimum atomic E-state index is 0. The first kappa shape index (κ1) is 16.0. The van der Waals surface area contributed by atoms with E-state index in [-0.39, 0.29) is 24.0 Å². The molecular weight excluding hydrogens is 393 g/mol. The molecule has 0 radical (unpaired) electrons. The summed E-state index contributed by atoms with van der Waals surface area (Å²) in [6, 6.07) is 0. The van der Waals surface area contributed by atoms with E-state index in [0.717, 1.165) is 25.6 Å². The molecule has 3 fully saturated rings. The van der Waals surface area contributed by atoms with Crippen LogP contribution in [0.4, 0.5) is 0 Å². The lowest BCUT2D eigenvalue weighted by Crippen LogP contribution is -2.40. The van der Waals surface area contributed by atoms with Gasteiger partial charge in [0.2, 0.25) is 0 Å². The molecule has 3 aliphatic rings. The van der Waals surface area contributed by atoms with Crippen LogP contribution in [0.15, 0.2) is 17.4 Å². The Kier molecular flexibility index (Phi) is 4.63. The summed E-state index contributed by atoms with van der Waals surface area (Å²) >= 11 is 0. The molecule has 4 atom stereocenters. The number of likely N-dealkylation sites (tertiary alicyclic amines) is 1. The molecule has 6 nitrogen and oxygen atoms in total. The van der Waals surface area contributed by atoms with Gasteiger partial charge in [-0.3, -0.25) is 9.67 Å². The highest BCUT2D eigenvalue weighted by molar-refractivity contribution is 14.0. The van der Waals surface area contributed by atoms with Gasteiger partial charge in [-0.05, 0) is 12.8 Å². The fourth-order valence-electron chi connectivity index (χ4n) is 4.21. The average Bonchev–Trinajstić information content (AvgIpc) is 3.20. The van der Waals surface area contributed by atoms with E-state index in [9.17, 15) is 0 Å². The van der Waals surface area contributed by atoms with Crippen LogP contribution in [0, 0.1) is 11.8 Å². The lowest BCUT2D eigenvalue weighted by molar-refractivity contribution is 0.0767. The molecule has 22 heavy (non-hydrogen) atoms.